The van der Waals surface area contributed by atoms with Gasteiger partial charge in [0.2, 0.25) is 5.91 Å². The second-order valence-electron chi connectivity index (χ2n) is 10.7. The van der Waals surface area contributed by atoms with Crippen LogP contribution in [0.2, 0.25) is 10.0 Å². The summed E-state index contributed by atoms with van der Waals surface area (Å²) in [6.45, 7) is 5.80. The minimum absolute atomic E-state index is 0.0336. The highest BCUT2D eigenvalue weighted by Crippen LogP contribution is 2.44. The quantitative estimate of drug-likeness (QED) is 0.309. The lowest BCUT2D eigenvalue weighted by Crippen LogP contribution is -2.50. The Labute approximate surface area is 243 Å². The molecule has 2 aliphatic heterocycles. The summed E-state index contributed by atoms with van der Waals surface area (Å²) in [4.78, 5) is 28.1. The van der Waals surface area contributed by atoms with Gasteiger partial charge in [0.05, 0.1) is 21.7 Å². The molecule has 2 unspecified atom stereocenters. The van der Waals surface area contributed by atoms with Gasteiger partial charge in [0.15, 0.2) is 0 Å². The summed E-state index contributed by atoms with van der Waals surface area (Å²) < 4.78 is 19.9. The lowest BCUT2D eigenvalue weighted by atomic mass is 9.81. The molecule has 2 atom stereocenters. The number of ether oxygens (including phenoxy) is 1. The third-order valence-corrected chi connectivity index (χ3v) is 8.79. The van der Waals surface area contributed by atoms with Gasteiger partial charge in [-0.2, -0.15) is 0 Å². The maximum Gasteiger partial charge on any atom is 0.412 e. The van der Waals surface area contributed by atoms with E-state index in [-0.39, 0.29) is 17.8 Å². The van der Waals surface area contributed by atoms with Gasteiger partial charge in [0.25, 0.3) is 0 Å². The van der Waals surface area contributed by atoms with Crippen molar-refractivity contribution < 1.29 is 18.7 Å². The molecule has 40 heavy (non-hydrogen) atoms. The van der Waals surface area contributed by atoms with E-state index in [1.807, 2.05) is 37.3 Å². The molecule has 9 heteroatoms. The van der Waals surface area contributed by atoms with Crippen molar-refractivity contribution in [3.8, 4) is 0 Å². The Bertz CT molecular complexity index is 1410. The van der Waals surface area contributed by atoms with Crippen molar-refractivity contribution in [3.63, 3.8) is 0 Å². The largest absolute Gasteiger partial charge is 0.438 e. The molecule has 6 nitrogen and oxygen atoms in total. The highest BCUT2D eigenvalue weighted by molar-refractivity contribution is 6.42. The van der Waals surface area contributed by atoms with Crippen molar-refractivity contribution in [2.45, 2.75) is 57.2 Å². The van der Waals surface area contributed by atoms with Crippen LogP contribution in [0.1, 0.15) is 54.4 Å². The number of halogens is 3. The number of anilines is 1. The van der Waals surface area contributed by atoms with Crippen LogP contribution in [-0.2, 0) is 21.7 Å². The molecule has 2 N–H and O–H groups in total. The smallest absolute Gasteiger partial charge is 0.412 e. The van der Waals surface area contributed by atoms with Crippen molar-refractivity contribution in [3.05, 3.63) is 98.8 Å². The number of amides is 2. The average Bonchev–Trinajstić information content (AvgIpc) is 2.93. The second kappa shape index (κ2) is 11.8. The molecular formula is C31H32Cl2FN3O3. The number of carbonyl (C=O) groups is 2. The third kappa shape index (κ3) is 6.12. The van der Waals surface area contributed by atoms with Gasteiger partial charge in [-0.3, -0.25) is 10.1 Å². The Morgan fingerprint density at radius 1 is 1.07 bits per heavy atom. The van der Waals surface area contributed by atoms with Gasteiger partial charge in [-0.1, -0.05) is 59.1 Å². The van der Waals surface area contributed by atoms with E-state index in [1.54, 1.807) is 18.2 Å². The van der Waals surface area contributed by atoms with E-state index in [0.29, 0.717) is 60.2 Å². The molecule has 3 aromatic rings. The first kappa shape index (κ1) is 28.4. The van der Waals surface area contributed by atoms with Crippen LogP contribution in [0.4, 0.5) is 14.9 Å². The topological polar surface area (TPSA) is 70.7 Å². The highest BCUT2D eigenvalue weighted by atomic mass is 35.5. The zero-order chi connectivity index (χ0) is 28.4. The maximum atomic E-state index is 14.1. The molecule has 0 aromatic heterocycles. The molecule has 2 aliphatic rings. The molecule has 0 bridgehead atoms. The fraction of sp³-hybridized carbons (Fsp3) is 0.355. The van der Waals surface area contributed by atoms with E-state index < -0.39 is 17.6 Å². The molecule has 2 amide bonds. The lowest BCUT2D eigenvalue weighted by molar-refractivity contribution is -0.123. The van der Waals surface area contributed by atoms with Crippen LogP contribution in [0.15, 0.2) is 60.7 Å². The number of hydrogen-bond donors (Lipinski definition) is 2. The summed E-state index contributed by atoms with van der Waals surface area (Å²) in [7, 11) is 0. The molecule has 0 saturated carbocycles. The van der Waals surface area contributed by atoms with E-state index in [1.165, 1.54) is 12.1 Å². The fourth-order valence-corrected chi connectivity index (χ4v) is 6.01. The number of fused-ring (bicyclic) bond motifs is 2. The zero-order valence-corrected chi connectivity index (χ0v) is 24.0. The highest BCUT2D eigenvalue weighted by Gasteiger charge is 2.45. The Kier molecular flexibility index (Phi) is 8.36. The Morgan fingerprint density at radius 3 is 2.50 bits per heavy atom. The van der Waals surface area contributed by atoms with E-state index in [2.05, 4.69) is 22.5 Å². The zero-order valence-electron chi connectivity index (χ0n) is 22.5. The molecule has 2 heterocycles. The van der Waals surface area contributed by atoms with Crippen LogP contribution in [-0.4, -0.2) is 36.0 Å². The van der Waals surface area contributed by atoms with E-state index in [4.69, 9.17) is 27.9 Å². The first-order valence-electron chi connectivity index (χ1n) is 13.5. The molecule has 1 saturated heterocycles. The van der Waals surface area contributed by atoms with Gasteiger partial charge in [-0.05, 0) is 61.7 Å². The van der Waals surface area contributed by atoms with Gasteiger partial charge in [-0.25, -0.2) is 9.18 Å². The molecule has 0 radical (unpaired) electrons. The minimum atomic E-state index is -0.871. The predicted molar refractivity (Wildman–Crippen MR) is 155 cm³/mol. The fourth-order valence-electron chi connectivity index (χ4n) is 5.70. The number of piperidine rings is 1. The van der Waals surface area contributed by atoms with E-state index >= 15 is 0 Å². The Hall–Kier alpha value is -3.13. The van der Waals surface area contributed by atoms with Crippen LogP contribution in [0.25, 0.3) is 0 Å². The average molecular weight is 585 g/mol. The second-order valence-corrected chi connectivity index (χ2v) is 11.6. The number of nitrogens with one attached hydrogen (secondary N) is 2. The van der Waals surface area contributed by atoms with E-state index in [9.17, 15) is 14.0 Å². The lowest BCUT2D eigenvalue weighted by Gasteiger charge is -2.46. The number of benzene rings is 3. The van der Waals surface area contributed by atoms with Crippen molar-refractivity contribution >= 4 is 40.9 Å². The molecule has 3 aromatic carbocycles. The van der Waals surface area contributed by atoms with Gasteiger partial charge in [0, 0.05) is 44.1 Å². The van der Waals surface area contributed by atoms with Crippen molar-refractivity contribution in [2.75, 3.05) is 18.4 Å². The van der Waals surface area contributed by atoms with Crippen LogP contribution >= 0.6 is 23.2 Å². The maximum absolute atomic E-state index is 14.1. The first-order chi connectivity index (χ1) is 19.1. The number of nitrogens with zero attached hydrogens (tertiary/aromatic N) is 1. The molecule has 210 valence electrons. The van der Waals surface area contributed by atoms with Crippen molar-refractivity contribution in [1.29, 1.82) is 0 Å². The van der Waals surface area contributed by atoms with E-state index in [0.717, 1.165) is 16.7 Å². The number of carbonyl (C=O) groups excluding carboxylic acids is 2. The van der Waals surface area contributed by atoms with Crippen molar-refractivity contribution in [1.82, 2.24) is 10.2 Å². The summed E-state index contributed by atoms with van der Waals surface area (Å²) >= 11 is 12.5. The number of aryl methyl sites for hydroxylation is 1. The first-order valence-corrected chi connectivity index (χ1v) is 14.2. The Morgan fingerprint density at radius 2 is 1.80 bits per heavy atom. The monoisotopic (exact) mass is 583 g/mol. The summed E-state index contributed by atoms with van der Waals surface area (Å²) in [5.74, 6) is -0.900. The van der Waals surface area contributed by atoms with Crippen LogP contribution in [0, 0.1) is 12.7 Å². The molecule has 1 spiro atoms. The molecule has 0 aliphatic carbocycles. The van der Waals surface area contributed by atoms with Crippen LogP contribution in [0.3, 0.4) is 0 Å². The van der Waals surface area contributed by atoms with Crippen LogP contribution in [0.5, 0.6) is 0 Å². The predicted octanol–water partition coefficient (Wildman–Crippen LogP) is 7.17. The number of likely N-dealkylation sites (tertiary alicyclic amines) is 1. The number of rotatable bonds is 7. The molecular weight excluding hydrogens is 552 g/mol. The van der Waals surface area contributed by atoms with Crippen LogP contribution < -0.4 is 10.6 Å². The molecule has 1 fully saturated rings. The third-order valence-electron chi connectivity index (χ3n) is 8.05. The van der Waals surface area contributed by atoms with Crippen molar-refractivity contribution in [2.24, 2.45) is 0 Å². The van der Waals surface area contributed by atoms with Gasteiger partial charge >= 0.3 is 6.09 Å². The minimum Gasteiger partial charge on any atom is -0.438 e. The van der Waals surface area contributed by atoms with Gasteiger partial charge in [0.1, 0.15) is 11.4 Å². The Balaban J connectivity index is 1.30. The molecule has 5 rings (SSSR count). The summed E-state index contributed by atoms with van der Waals surface area (Å²) in [6, 6.07) is 17.8. The summed E-state index contributed by atoms with van der Waals surface area (Å²) in [6.07, 6.45) is 1.08. The van der Waals surface area contributed by atoms with Gasteiger partial charge < -0.3 is 15.0 Å². The standard InChI is InChI=1S/C31H32Cl2FN3O3/c1-19-3-5-21(6-4-19)18-35-29(38)24(22-7-9-26(32)27(33)16-22)15-20(2)37-13-11-31(12-14-37)25-17-23(34)8-10-28(25)36-30(39)40-31/h3-10,16-17,20,24H,11-15,18H2,1-2H3,(H,35,38)(H,36,39). The normalized spacial score (nSPS) is 17.9. The summed E-state index contributed by atoms with van der Waals surface area (Å²) in [5.41, 5.74) is 3.37. The SMILES string of the molecule is Cc1ccc(CNC(=O)C(CC(C)N2CCC3(CC2)OC(=O)Nc2ccc(F)cc23)c2ccc(Cl)c(Cl)c2)cc1. The number of hydrogen-bond acceptors (Lipinski definition) is 4. The van der Waals surface area contributed by atoms with Gasteiger partial charge in [-0.15, -0.1) is 0 Å². The summed E-state index contributed by atoms with van der Waals surface area (Å²) in [5, 5.41) is 6.61.